The van der Waals surface area contributed by atoms with Crippen molar-refractivity contribution in [2.45, 2.75) is 19.4 Å². The van der Waals surface area contributed by atoms with Crippen LogP contribution in [0.5, 0.6) is 0 Å². The topological polar surface area (TPSA) is 15.3 Å². The predicted octanol–water partition coefficient (Wildman–Crippen LogP) is 2.15. The summed E-state index contributed by atoms with van der Waals surface area (Å²) >= 11 is 0. The van der Waals surface area contributed by atoms with Gasteiger partial charge in [0.2, 0.25) is 0 Å². The number of hydrogen-bond acceptors (Lipinski definition) is 2. The van der Waals surface area contributed by atoms with Crippen LogP contribution in [0.25, 0.3) is 0 Å². The van der Waals surface area contributed by atoms with Gasteiger partial charge in [0.05, 0.1) is 0 Å². The van der Waals surface area contributed by atoms with Crippen LogP contribution in [0.3, 0.4) is 0 Å². The predicted molar refractivity (Wildman–Crippen MR) is 60.7 cm³/mol. The quantitative estimate of drug-likeness (QED) is 0.831. The van der Waals surface area contributed by atoms with Crippen molar-refractivity contribution in [3.05, 3.63) is 29.8 Å². The van der Waals surface area contributed by atoms with E-state index in [1.54, 1.807) is 0 Å². The first kappa shape index (κ1) is 11.3. The Labute approximate surface area is 94.3 Å². The first-order valence-electron chi connectivity index (χ1n) is 5.64. The molecule has 0 amide bonds. The molecule has 0 aliphatic carbocycles. The fraction of sp³-hybridized carbons (Fsp3) is 0.500. The Morgan fingerprint density at radius 1 is 1.31 bits per heavy atom. The van der Waals surface area contributed by atoms with Crippen molar-refractivity contribution < 1.29 is 8.78 Å². The zero-order valence-electron chi connectivity index (χ0n) is 9.34. The second kappa shape index (κ2) is 4.78. The maximum absolute atomic E-state index is 13.1. The standard InChI is InChI=1S/C12H16F2N2/c1-2-11-8-15-3-4-16(11)12-6-9(13)5-10(14)7-12/h5-7,11,15H,2-4,8H2,1H3/t11-/m0/s1. The van der Waals surface area contributed by atoms with Crippen molar-refractivity contribution >= 4 is 5.69 Å². The monoisotopic (exact) mass is 226 g/mol. The Balaban J connectivity index is 2.26. The van der Waals surface area contributed by atoms with Crippen LogP contribution in [0.1, 0.15) is 13.3 Å². The number of nitrogens with one attached hydrogen (secondary N) is 1. The Bertz CT molecular complexity index is 348. The van der Waals surface area contributed by atoms with E-state index < -0.39 is 11.6 Å². The highest BCUT2D eigenvalue weighted by Crippen LogP contribution is 2.22. The Hall–Kier alpha value is -1.16. The molecule has 88 valence electrons. The molecule has 2 nitrogen and oxygen atoms in total. The summed E-state index contributed by atoms with van der Waals surface area (Å²) in [5, 5.41) is 3.29. The van der Waals surface area contributed by atoms with Crippen molar-refractivity contribution in [1.82, 2.24) is 5.32 Å². The molecule has 1 aliphatic heterocycles. The average molecular weight is 226 g/mol. The Morgan fingerprint density at radius 3 is 2.62 bits per heavy atom. The number of rotatable bonds is 2. The largest absolute Gasteiger partial charge is 0.366 e. The van der Waals surface area contributed by atoms with Crippen LogP contribution >= 0.6 is 0 Å². The van der Waals surface area contributed by atoms with E-state index in [0.29, 0.717) is 11.7 Å². The fourth-order valence-corrected chi connectivity index (χ4v) is 2.17. The van der Waals surface area contributed by atoms with E-state index in [1.165, 1.54) is 12.1 Å². The third-order valence-electron chi connectivity index (χ3n) is 3.00. The second-order valence-corrected chi connectivity index (χ2v) is 4.09. The van der Waals surface area contributed by atoms with Gasteiger partial charge in [-0.25, -0.2) is 8.78 Å². The third-order valence-corrected chi connectivity index (χ3v) is 3.00. The summed E-state index contributed by atoms with van der Waals surface area (Å²) < 4.78 is 26.3. The molecular weight excluding hydrogens is 210 g/mol. The van der Waals surface area contributed by atoms with Gasteiger partial charge in [-0.05, 0) is 18.6 Å². The highest BCUT2D eigenvalue weighted by Gasteiger charge is 2.21. The van der Waals surface area contributed by atoms with Gasteiger partial charge >= 0.3 is 0 Å². The van der Waals surface area contributed by atoms with Gasteiger partial charge in [0.1, 0.15) is 11.6 Å². The molecule has 4 heteroatoms. The van der Waals surface area contributed by atoms with Crippen molar-refractivity contribution in [2.75, 3.05) is 24.5 Å². The molecule has 0 spiro atoms. The smallest absolute Gasteiger partial charge is 0.128 e. The molecule has 0 bridgehead atoms. The molecule has 16 heavy (non-hydrogen) atoms. The lowest BCUT2D eigenvalue weighted by Gasteiger charge is -2.37. The molecule has 1 aliphatic rings. The Morgan fingerprint density at radius 2 is 2.00 bits per heavy atom. The molecule has 1 aromatic carbocycles. The summed E-state index contributed by atoms with van der Waals surface area (Å²) in [6.45, 7) is 4.60. The minimum absolute atomic E-state index is 0.315. The number of piperazine rings is 1. The van der Waals surface area contributed by atoms with Crippen LogP contribution in [-0.4, -0.2) is 25.7 Å². The molecule has 0 unspecified atom stereocenters. The van der Waals surface area contributed by atoms with Crippen molar-refractivity contribution in [3.63, 3.8) is 0 Å². The summed E-state index contributed by atoms with van der Waals surface area (Å²) in [5.41, 5.74) is 0.644. The summed E-state index contributed by atoms with van der Waals surface area (Å²) in [4.78, 5) is 2.07. The average Bonchev–Trinajstić information content (AvgIpc) is 2.27. The fourth-order valence-electron chi connectivity index (χ4n) is 2.17. The van der Waals surface area contributed by atoms with Gasteiger partial charge in [-0.15, -0.1) is 0 Å². The first-order valence-corrected chi connectivity index (χ1v) is 5.64. The highest BCUT2D eigenvalue weighted by atomic mass is 19.1. The summed E-state index contributed by atoms with van der Waals surface area (Å²) in [6.07, 6.45) is 0.963. The SMILES string of the molecule is CC[C@H]1CNCCN1c1cc(F)cc(F)c1. The van der Waals surface area contributed by atoms with Crippen LogP contribution in [0.4, 0.5) is 14.5 Å². The minimum Gasteiger partial charge on any atom is -0.366 e. The number of anilines is 1. The Kier molecular flexibility index (Phi) is 3.39. The van der Waals surface area contributed by atoms with Crippen LogP contribution < -0.4 is 10.2 Å². The van der Waals surface area contributed by atoms with E-state index in [-0.39, 0.29) is 0 Å². The molecule has 0 aromatic heterocycles. The number of benzene rings is 1. The molecule has 1 saturated heterocycles. The molecule has 1 N–H and O–H groups in total. The molecule has 1 atom stereocenters. The van der Waals surface area contributed by atoms with Gasteiger partial charge < -0.3 is 10.2 Å². The van der Waals surface area contributed by atoms with E-state index in [2.05, 4.69) is 17.1 Å². The van der Waals surface area contributed by atoms with Crippen molar-refractivity contribution in [2.24, 2.45) is 0 Å². The summed E-state index contributed by atoms with van der Waals surface area (Å²) in [5.74, 6) is -1.02. The van der Waals surface area contributed by atoms with Crippen LogP contribution in [-0.2, 0) is 0 Å². The number of nitrogens with zero attached hydrogens (tertiary/aromatic N) is 1. The zero-order valence-corrected chi connectivity index (χ0v) is 9.34. The normalized spacial score (nSPS) is 21.2. The summed E-state index contributed by atoms with van der Waals surface area (Å²) in [6, 6.07) is 4.02. The van der Waals surface area contributed by atoms with Crippen LogP contribution in [0, 0.1) is 11.6 Å². The highest BCUT2D eigenvalue weighted by molar-refractivity contribution is 5.48. The van der Waals surface area contributed by atoms with Crippen LogP contribution in [0.2, 0.25) is 0 Å². The van der Waals surface area contributed by atoms with E-state index in [9.17, 15) is 8.78 Å². The summed E-state index contributed by atoms with van der Waals surface area (Å²) in [7, 11) is 0. The van der Waals surface area contributed by atoms with Gasteiger partial charge in [0.15, 0.2) is 0 Å². The molecule has 0 radical (unpaired) electrons. The molecule has 1 fully saturated rings. The molecule has 2 rings (SSSR count). The lowest BCUT2D eigenvalue weighted by molar-refractivity contribution is 0.464. The molecule has 1 heterocycles. The second-order valence-electron chi connectivity index (χ2n) is 4.09. The van der Waals surface area contributed by atoms with E-state index >= 15 is 0 Å². The lowest BCUT2D eigenvalue weighted by atomic mass is 10.1. The van der Waals surface area contributed by atoms with E-state index in [1.807, 2.05) is 0 Å². The third kappa shape index (κ3) is 2.32. The number of halogens is 2. The minimum atomic E-state index is -0.511. The molecular formula is C12H16F2N2. The van der Waals surface area contributed by atoms with Crippen molar-refractivity contribution in [1.29, 1.82) is 0 Å². The van der Waals surface area contributed by atoms with E-state index in [4.69, 9.17) is 0 Å². The lowest BCUT2D eigenvalue weighted by Crippen LogP contribution is -2.51. The first-order chi connectivity index (χ1) is 7.70. The van der Waals surface area contributed by atoms with Crippen molar-refractivity contribution in [3.8, 4) is 0 Å². The van der Waals surface area contributed by atoms with Gasteiger partial charge in [-0.2, -0.15) is 0 Å². The van der Waals surface area contributed by atoms with Gasteiger partial charge in [-0.3, -0.25) is 0 Å². The van der Waals surface area contributed by atoms with Crippen LogP contribution in [0.15, 0.2) is 18.2 Å². The van der Waals surface area contributed by atoms with E-state index in [0.717, 1.165) is 32.1 Å². The maximum Gasteiger partial charge on any atom is 0.128 e. The molecule has 1 aromatic rings. The van der Waals surface area contributed by atoms with Gasteiger partial charge in [0, 0.05) is 37.4 Å². The van der Waals surface area contributed by atoms with Gasteiger partial charge in [0.25, 0.3) is 0 Å². The maximum atomic E-state index is 13.1. The number of hydrogen-bond donors (Lipinski definition) is 1. The molecule has 0 saturated carbocycles. The zero-order chi connectivity index (χ0) is 11.5. The van der Waals surface area contributed by atoms with Gasteiger partial charge in [-0.1, -0.05) is 6.92 Å².